The van der Waals surface area contributed by atoms with Gasteiger partial charge in [-0.05, 0) is 24.5 Å². The van der Waals surface area contributed by atoms with Crippen molar-refractivity contribution in [3.05, 3.63) is 24.5 Å². The van der Waals surface area contributed by atoms with Crippen LogP contribution in [0.15, 0.2) is 24.5 Å². The maximum Gasteiger partial charge on any atom is 0.0882 e. The molecule has 0 fully saturated rings. The summed E-state index contributed by atoms with van der Waals surface area (Å²) in [5.41, 5.74) is 5.14. The van der Waals surface area contributed by atoms with Crippen molar-refractivity contribution in [3.8, 4) is 0 Å². The molecule has 0 saturated heterocycles. The number of aromatic nitrogens is 3. The van der Waals surface area contributed by atoms with Crippen LogP contribution in [-0.2, 0) is 6.54 Å². The molecule has 3 aromatic rings. The second-order valence-electron chi connectivity index (χ2n) is 5.50. The summed E-state index contributed by atoms with van der Waals surface area (Å²) in [5.74, 6) is 0.781. The molecule has 0 aliphatic carbocycles. The molecule has 0 radical (unpaired) electrons. The first-order valence-corrected chi connectivity index (χ1v) is 7.47. The number of hydrogen-bond donors (Lipinski definition) is 2. The van der Waals surface area contributed by atoms with E-state index in [2.05, 4.69) is 40.5 Å². The third kappa shape index (κ3) is 2.07. The van der Waals surface area contributed by atoms with E-state index in [1.54, 1.807) is 0 Å². The Morgan fingerprint density at radius 1 is 1.05 bits per heavy atom. The van der Waals surface area contributed by atoms with E-state index in [9.17, 15) is 0 Å². The van der Waals surface area contributed by atoms with Crippen LogP contribution in [0.2, 0.25) is 0 Å². The number of H-pyrrole nitrogens is 2. The van der Waals surface area contributed by atoms with Gasteiger partial charge in [-0.15, -0.1) is 0 Å². The molecule has 0 aromatic carbocycles. The van der Waals surface area contributed by atoms with E-state index in [1.165, 1.54) is 47.8 Å². The van der Waals surface area contributed by atoms with Gasteiger partial charge in [0.05, 0.1) is 22.1 Å². The number of hydrogen-bond acceptors (Lipinski definition) is 0. The van der Waals surface area contributed by atoms with Crippen molar-refractivity contribution >= 4 is 22.1 Å². The molecule has 102 valence electrons. The van der Waals surface area contributed by atoms with Gasteiger partial charge >= 0.3 is 0 Å². The highest BCUT2D eigenvalue weighted by molar-refractivity contribution is 6.03. The Bertz CT molecular complexity index is 608. The Balaban J connectivity index is 1.96. The number of nitrogens with zero attached hydrogens (tertiary/aromatic N) is 1. The lowest BCUT2D eigenvalue weighted by molar-refractivity contribution is 0.401. The van der Waals surface area contributed by atoms with Crippen LogP contribution in [0.4, 0.5) is 0 Å². The van der Waals surface area contributed by atoms with Gasteiger partial charge in [0, 0.05) is 18.9 Å². The van der Waals surface area contributed by atoms with Crippen molar-refractivity contribution in [2.75, 3.05) is 0 Å². The molecule has 19 heavy (non-hydrogen) atoms. The van der Waals surface area contributed by atoms with E-state index in [1.807, 2.05) is 12.4 Å². The minimum atomic E-state index is 0.781. The molecule has 3 nitrogen and oxygen atoms in total. The first-order chi connectivity index (χ1) is 9.35. The molecule has 1 atom stereocenters. The molecule has 3 heteroatoms. The molecular weight excluding hydrogens is 234 g/mol. The van der Waals surface area contributed by atoms with Crippen LogP contribution in [0.3, 0.4) is 0 Å². The Morgan fingerprint density at radius 2 is 1.68 bits per heavy atom. The lowest BCUT2D eigenvalue weighted by Crippen LogP contribution is -2.09. The molecular formula is C16H23N3. The number of nitrogens with one attached hydrogen (secondary N) is 2. The number of rotatable bonds is 6. The van der Waals surface area contributed by atoms with Gasteiger partial charge in [-0.1, -0.05) is 33.1 Å². The molecule has 0 bridgehead atoms. The summed E-state index contributed by atoms with van der Waals surface area (Å²) in [6.45, 7) is 5.72. The zero-order chi connectivity index (χ0) is 13.2. The van der Waals surface area contributed by atoms with Crippen molar-refractivity contribution in [2.24, 2.45) is 5.92 Å². The standard InChI is InChI=1S/C16H23N3/c1-3-5-6-12(4-2)11-19-13-7-9-17-15(13)16-14(19)8-10-18-16/h7-10,12,17-18H,3-6,11H2,1-2H3. The predicted octanol–water partition coefficient (Wildman–Crippen LogP) is 4.67. The summed E-state index contributed by atoms with van der Waals surface area (Å²) < 4.78 is 2.47. The van der Waals surface area contributed by atoms with Gasteiger partial charge in [0.2, 0.25) is 0 Å². The van der Waals surface area contributed by atoms with Gasteiger partial charge < -0.3 is 14.5 Å². The molecule has 0 spiro atoms. The van der Waals surface area contributed by atoms with E-state index in [-0.39, 0.29) is 0 Å². The molecule has 0 amide bonds. The number of unbranched alkanes of at least 4 members (excludes halogenated alkanes) is 1. The van der Waals surface area contributed by atoms with Crippen molar-refractivity contribution in [2.45, 2.75) is 46.1 Å². The van der Waals surface area contributed by atoms with Crippen molar-refractivity contribution in [1.29, 1.82) is 0 Å². The first kappa shape index (κ1) is 12.4. The molecule has 0 aliphatic heterocycles. The average molecular weight is 257 g/mol. The van der Waals surface area contributed by atoms with Gasteiger partial charge in [0.25, 0.3) is 0 Å². The lowest BCUT2D eigenvalue weighted by atomic mass is 9.99. The van der Waals surface area contributed by atoms with Crippen LogP contribution in [0.5, 0.6) is 0 Å². The van der Waals surface area contributed by atoms with Gasteiger partial charge in [-0.25, -0.2) is 0 Å². The van der Waals surface area contributed by atoms with Crippen molar-refractivity contribution in [1.82, 2.24) is 14.5 Å². The quantitative estimate of drug-likeness (QED) is 0.644. The topological polar surface area (TPSA) is 36.5 Å². The maximum absolute atomic E-state index is 3.35. The Kier molecular flexibility index (Phi) is 3.36. The minimum Gasteiger partial charge on any atom is -0.358 e. The molecule has 3 aromatic heterocycles. The highest BCUT2D eigenvalue weighted by atomic mass is 15.0. The Labute approximate surface area is 114 Å². The van der Waals surface area contributed by atoms with E-state index in [0.29, 0.717) is 0 Å². The fourth-order valence-electron chi connectivity index (χ4n) is 3.07. The van der Waals surface area contributed by atoms with Crippen LogP contribution in [0.25, 0.3) is 22.1 Å². The van der Waals surface area contributed by atoms with E-state index < -0.39 is 0 Å². The summed E-state index contributed by atoms with van der Waals surface area (Å²) in [5, 5.41) is 0. The summed E-state index contributed by atoms with van der Waals surface area (Å²) in [7, 11) is 0. The second kappa shape index (κ2) is 5.16. The zero-order valence-electron chi connectivity index (χ0n) is 11.9. The fraction of sp³-hybridized carbons (Fsp3) is 0.500. The lowest BCUT2D eigenvalue weighted by Gasteiger charge is -2.16. The Hall–Kier alpha value is -1.64. The summed E-state index contributed by atoms with van der Waals surface area (Å²) in [4.78, 5) is 6.70. The van der Waals surface area contributed by atoms with Crippen LogP contribution in [0, 0.1) is 5.92 Å². The Morgan fingerprint density at radius 3 is 2.21 bits per heavy atom. The predicted molar refractivity (Wildman–Crippen MR) is 81.5 cm³/mol. The summed E-state index contributed by atoms with van der Waals surface area (Å²) in [6.07, 6.45) is 9.30. The summed E-state index contributed by atoms with van der Waals surface area (Å²) >= 11 is 0. The summed E-state index contributed by atoms with van der Waals surface area (Å²) in [6, 6.07) is 4.38. The smallest absolute Gasteiger partial charge is 0.0882 e. The van der Waals surface area contributed by atoms with Crippen molar-refractivity contribution in [3.63, 3.8) is 0 Å². The second-order valence-corrected chi connectivity index (χ2v) is 5.50. The highest BCUT2D eigenvalue weighted by Gasteiger charge is 2.15. The number of aromatic amines is 2. The van der Waals surface area contributed by atoms with Crippen LogP contribution >= 0.6 is 0 Å². The van der Waals surface area contributed by atoms with Crippen LogP contribution < -0.4 is 0 Å². The van der Waals surface area contributed by atoms with E-state index in [4.69, 9.17) is 0 Å². The van der Waals surface area contributed by atoms with Crippen LogP contribution in [0.1, 0.15) is 39.5 Å². The zero-order valence-corrected chi connectivity index (χ0v) is 11.9. The first-order valence-electron chi connectivity index (χ1n) is 7.47. The number of fused-ring (bicyclic) bond motifs is 3. The third-order valence-electron chi connectivity index (χ3n) is 4.27. The van der Waals surface area contributed by atoms with Gasteiger partial charge in [0.15, 0.2) is 0 Å². The molecule has 2 N–H and O–H groups in total. The third-order valence-corrected chi connectivity index (χ3v) is 4.27. The molecule has 3 heterocycles. The monoisotopic (exact) mass is 257 g/mol. The highest BCUT2D eigenvalue weighted by Crippen LogP contribution is 2.29. The van der Waals surface area contributed by atoms with Crippen LogP contribution in [-0.4, -0.2) is 14.5 Å². The van der Waals surface area contributed by atoms with Gasteiger partial charge in [-0.2, -0.15) is 0 Å². The average Bonchev–Trinajstić information content (AvgIpc) is 3.10. The van der Waals surface area contributed by atoms with E-state index >= 15 is 0 Å². The molecule has 0 aliphatic rings. The fourth-order valence-corrected chi connectivity index (χ4v) is 3.07. The molecule has 3 rings (SSSR count). The maximum atomic E-state index is 3.35. The van der Waals surface area contributed by atoms with Gasteiger partial charge in [-0.3, -0.25) is 0 Å². The molecule has 1 unspecified atom stereocenters. The SMILES string of the molecule is CCCCC(CC)Cn1c2cc[nH]c2c2[nH]ccc21. The van der Waals surface area contributed by atoms with Gasteiger partial charge in [0.1, 0.15) is 0 Å². The normalized spacial score (nSPS) is 13.6. The molecule has 0 saturated carbocycles. The van der Waals surface area contributed by atoms with E-state index in [0.717, 1.165) is 12.5 Å². The minimum absolute atomic E-state index is 0.781. The largest absolute Gasteiger partial charge is 0.358 e. The van der Waals surface area contributed by atoms with Crippen molar-refractivity contribution < 1.29 is 0 Å².